The number of fused-ring (bicyclic) bond motifs is 4. The van der Waals surface area contributed by atoms with Gasteiger partial charge in [-0.05, 0) is 214 Å². The predicted molar refractivity (Wildman–Crippen MR) is 448 cm³/mol. The molecule has 0 atom stereocenters. The van der Waals surface area contributed by atoms with Gasteiger partial charge >= 0.3 is 23.9 Å². The molecule has 2 heterocycles. The fourth-order valence-electron chi connectivity index (χ4n) is 11.3. The number of non-ortho nitro benzene ring substituents is 2. The molecule has 0 unspecified atom stereocenters. The number of ether oxygens (including phenoxy) is 7. The Morgan fingerprint density at radius 2 is 0.762 bits per heavy atom. The van der Waals surface area contributed by atoms with E-state index >= 15 is 0 Å². The molecule has 0 saturated heterocycles. The third-order valence-corrected chi connectivity index (χ3v) is 21.1. The van der Waals surface area contributed by atoms with E-state index in [1.165, 1.54) is 143 Å². The van der Waals surface area contributed by atoms with E-state index in [1.54, 1.807) is 142 Å². The number of nitrogen functional groups attached to an aromatic ring is 1. The van der Waals surface area contributed by atoms with Gasteiger partial charge in [-0.2, -0.15) is 0 Å². The molecule has 0 bridgehead atoms. The lowest BCUT2D eigenvalue weighted by Gasteiger charge is -2.23. The van der Waals surface area contributed by atoms with Crippen LogP contribution in [0.2, 0.25) is 10.0 Å². The van der Waals surface area contributed by atoms with E-state index < -0.39 is 77.7 Å². The Hall–Kier alpha value is -14.7. The summed E-state index contributed by atoms with van der Waals surface area (Å²) in [5.41, 5.74) is 8.74. The molecule has 32 nitrogen and oxygen atoms in total. The number of benzene rings is 11. The summed E-state index contributed by atoms with van der Waals surface area (Å²) in [6.07, 6.45) is 0. The second-order valence-corrected chi connectivity index (χ2v) is 30.1. The molecule has 0 saturated carbocycles. The number of hydrogen-bond acceptors (Lipinski definition) is 25. The summed E-state index contributed by atoms with van der Waals surface area (Å²) in [5.74, 6) is -2.84. The predicted octanol–water partition coefficient (Wildman–Crippen LogP) is 14.6. The number of rotatable bonds is 25. The lowest BCUT2D eigenvalue weighted by Crippen LogP contribution is -2.30. The zero-order valence-electron chi connectivity index (χ0n) is 64.8. The Morgan fingerprint density at radius 1 is 0.426 bits per heavy atom. The van der Waals surface area contributed by atoms with Crippen molar-refractivity contribution in [1.82, 2.24) is 0 Å². The summed E-state index contributed by atoms with van der Waals surface area (Å²) in [6.45, 7) is 5.07. The molecule has 11 aromatic carbocycles. The summed E-state index contributed by atoms with van der Waals surface area (Å²) >= 11 is 12.3. The van der Waals surface area contributed by atoms with Crippen molar-refractivity contribution in [2.75, 3.05) is 72.4 Å². The van der Waals surface area contributed by atoms with Crippen LogP contribution in [0, 0.1) is 20.2 Å². The van der Waals surface area contributed by atoms with Crippen molar-refractivity contribution in [3.63, 3.8) is 0 Å². The van der Waals surface area contributed by atoms with E-state index in [-0.39, 0.29) is 116 Å². The molecule has 6 N–H and O–H groups in total. The number of halogens is 2. The third-order valence-electron chi connectivity index (χ3n) is 16.9. The van der Waals surface area contributed by atoms with Crippen LogP contribution in [0.15, 0.2) is 274 Å². The first kappa shape index (κ1) is 91.2. The van der Waals surface area contributed by atoms with Crippen LogP contribution in [0.4, 0.5) is 39.8 Å². The minimum atomic E-state index is -4.10. The smallest absolute Gasteiger partial charge is 0.344 e. The van der Waals surface area contributed by atoms with Gasteiger partial charge in [0.15, 0.2) is 26.4 Å². The lowest BCUT2D eigenvalue weighted by molar-refractivity contribution is -0.385. The number of sulfone groups is 2. The fraction of sp³-hybridized carbons (Fsp3) is 0.140. The highest BCUT2D eigenvalue weighted by atomic mass is 35.5. The van der Waals surface area contributed by atoms with Crippen LogP contribution in [-0.2, 0) is 66.2 Å². The molecule has 13 rings (SSSR count). The number of carbonyl (C=O) groups excluding carboxylic acids is 7. The number of carboxylic acids is 1. The number of aromatic hydroxyl groups is 1. The van der Waals surface area contributed by atoms with Gasteiger partial charge in [-0.1, -0.05) is 71.7 Å². The molecule has 0 aromatic heterocycles. The average Bonchev–Trinajstić information content (AvgIpc) is 1.59. The van der Waals surface area contributed by atoms with E-state index in [1.807, 2.05) is 0 Å². The highest BCUT2D eigenvalue weighted by Crippen LogP contribution is 2.41. The number of carboxylic acid groups (broad SMARTS) is 1. The lowest BCUT2D eigenvalue weighted by atomic mass is 10.1. The number of phenols is 1. The monoisotopic (exact) mass is 1740 g/mol. The molecular weight excluding hydrogens is 1670 g/mol. The van der Waals surface area contributed by atoms with Gasteiger partial charge in [0.25, 0.3) is 35.0 Å². The molecule has 0 spiro atoms. The van der Waals surface area contributed by atoms with Crippen molar-refractivity contribution in [2.24, 2.45) is 0 Å². The Labute approximate surface area is 707 Å². The second-order valence-electron chi connectivity index (χ2n) is 25.4. The zero-order chi connectivity index (χ0) is 88.2. The largest absolute Gasteiger partial charge is 0.508 e. The maximum atomic E-state index is 13.8. The number of nitro benzene ring substituents is 2. The number of esters is 3. The van der Waals surface area contributed by atoms with Crippen LogP contribution in [0.5, 0.6) is 28.7 Å². The van der Waals surface area contributed by atoms with Crippen molar-refractivity contribution >= 4 is 130 Å². The van der Waals surface area contributed by atoms with Crippen LogP contribution in [0.3, 0.4) is 0 Å². The van der Waals surface area contributed by atoms with Gasteiger partial charge in [0.05, 0.1) is 84.8 Å². The van der Waals surface area contributed by atoms with Gasteiger partial charge < -0.3 is 69.5 Å². The molecule has 0 aliphatic carbocycles. The van der Waals surface area contributed by atoms with Gasteiger partial charge in [-0.15, -0.1) is 0 Å². The van der Waals surface area contributed by atoms with Crippen LogP contribution in [0.25, 0.3) is 0 Å². The number of hydrogen-bond donors (Lipinski definition) is 5. The first-order valence-corrected chi connectivity index (χ1v) is 40.2. The molecule has 0 radical (unpaired) electrons. The molecule has 630 valence electrons. The number of nitrogens with two attached hydrogens (primary N) is 1. The van der Waals surface area contributed by atoms with Crippen LogP contribution in [-0.4, -0.2) is 131 Å². The minimum absolute atomic E-state index is 0.0130. The standard InChI is InChI=1S/C31H25ClN2O7S.C29H21ClN2O7S.C10H11NO5.C10H13NO3.C6H5NO3/c1-2-40-29(35)19-41-24-13-11-23(12-14-24)33-30(36)21-10-15-28-26(17-21)34(18-20-6-5-7-22(32)16-20)31(37)25-8-3-4-9-27(25)42(28,38)39;30-20-5-3-4-18(14-20)16-32-24-15-19(28(35)31-21-9-11-22(12-10-21)39-17-27(33)34)8-13-26(24)40(37,38)25-7-2-1-6-23(25)29(32)36;1-2-15-10(12)7-16-9-5-3-8(4-6-9)11(13)14;1-2-13-10(12)7-14-9-5-3-8(11)4-6-9;8-6-3-1-5(2-4-6)7(9)10/h3-17H,2,18-19H2,1H3,(H,33,36);1-15H,16-17H2,(H,31,35)(H,33,34);3-6H,2,7H2,1H3;3-6H,2,7,11H2,1H3;1-4,8H. The second kappa shape index (κ2) is 43.1. The summed E-state index contributed by atoms with van der Waals surface area (Å²) in [6, 6.07) is 63.8. The minimum Gasteiger partial charge on any atom is -0.508 e. The van der Waals surface area contributed by atoms with Crippen molar-refractivity contribution in [2.45, 2.75) is 53.4 Å². The maximum Gasteiger partial charge on any atom is 0.344 e. The maximum absolute atomic E-state index is 13.8. The van der Waals surface area contributed by atoms with Crippen LogP contribution < -0.4 is 45.1 Å². The van der Waals surface area contributed by atoms with Crippen LogP contribution in [0.1, 0.15) is 73.3 Å². The SMILES string of the molecule is CCOC(=O)COc1ccc(N)cc1.CCOC(=O)COc1ccc(NC(=O)c2ccc3c(c2)N(Cc2cccc(Cl)c2)C(=O)c2ccccc2S3(=O)=O)cc1.CCOC(=O)COc1ccc([N+](=O)[O-])cc1.O=C(O)COc1ccc(NC(=O)c2ccc3c(c2)N(Cc2cccc(Cl)c2)C(=O)c2ccccc2S3(=O)=O)cc1.O=[N+]([O-])c1ccc(O)cc1. The van der Waals surface area contributed by atoms with E-state index in [4.69, 9.17) is 67.6 Å². The van der Waals surface area contributed by atoms with Crippen molar-refractivity contribution in [1.29, 1.82) is 0 Å². The zero-order valence-corrected chi connectivity index (χ0v) is 68.0. The highest BCUT2D eigenvalue weighted by molar-refractivity contribution is 7.92. The molecule has 122 heavy (non-hydrogen) atoms. The summed E-state index contributed by atoms with van der Waals surface area (Å²) in [5, 5.41) is 44.2. The molecular formula is C86H75Cl2N7O25S2. The topological polar surface area (TPSA) is 453 Å². The number of phenolic OH excluding ortho intramolecular Hbond substituents is 1. The first-order valence-electron chi connectivity index (χ1n) is 36.5. The van der Waals surface area contributed by atoms with E-state index in [9.17, 15) is 75.4 Å². The molecule has 36 heteroatoms. The molecule has 11 aromatic rings. The fourth-order valence-corrected chi connectivity index (χ4v) is 15.0. The van der Waals surface area contributed by atoms with Crippen molar-refractivity contribution in [3.8, 4) is 28.7 Å². The molecule has 2 aliphatic heterocycles. The number of nitro groups is 2. The Bertz CT molecular complexity index is 5890. The van der Waals surface area contributed by atoms with Gasteiger partial charge in [0.1, 0.15) is 28.7 Å². The van der Waals surface area contributed by atoms with Crippen molar-refractivity contribution < 1.29 is 108 Å². The number of amides is 4. The molecule has 2 aliphatic rings. The summed E-state index contributed by atoms with van der Waals surface area (Å²) in [7, 11) is -8.19. The van der Waals surface area contributed by atoms with Gasteiger partial charge in [-0.3, -0.25) is 39.4 Å². The first-order chi connectivity index (χ1) is 58.3. The number of carbonyl (C=O) groups is 8. The van der Waals surface area contributed by atoms with Gasteiger partial charge in [-0.25, -0.2) is 36.0 Å². The van der Waals surface area contributed by atoms with E-state index in [2.05, 4.69) is 15.4 Å². The van der Waals surface area contributed by atoms with Crippen molar-refractivity contribution in [3.05, 3.63) is 318 Å². The van der Waals surface area contributed by atoms with E-state index in [0.717, 1.165) is 0 Å². The average molecular weight is 1740 g/mol. The van der Waals surface area contributed by atoms with Crippen LogP contribution >= 0.6 is 23.2 Å². The van der Waals surface area contributed by atoms with Gasteiger partial charge in [0, 0.05) is 62.5 Å². The van der Waals surface area contributed by atoms with Gasteiger partial charge in [0.2, 0.25) is 19.7 Å². The number of nitrogens with one attached hydrogen (secondary N) is 2. The number of anilines is 5. The molecule has 0 fully saturated rings. The third kappa shape index (κ3) is 25.4. The Morgan fingerprint density at radius 3 is 1.11 bits per heavy atom. The molecule has 4 amide bonds. The highest BCUT2D eigenvalue weighted by Gasteiger charge is 2.38. The van der Waals surface area contributed by atoms with E-state index in [0.29, 0.717) is 74.4 Å². The summed E-state index contributed by atoms with van der Waals surface area (Å²) < 4.78 is 89.6. The Balaban J connectivity index is 0.000000193. The quantitative estimate of drug-likeness (QED) is 0.0117. The summed E-state index contributed by atoms with van der Waals surface area (Å²) in [4.78, 5) is 120. The Kier molecular flexibility index (Phi) is 32.2. The number of aliphatic carboxylic acids is 1. The normalized spacial score (nSPS) is 12.1. The number of nitrogens with zero attached hydrogens (tertiary/aromatic N) is 4.